The van der Waals surface area contributed by atoms with Gasteiger partial charge in [-0.05, 0) is 12.2 Å². The molecule has 0 bridgehead atoms. The molecule has 0 fully saturated rings. The lowest BCUT2D eigenvalue weighted by atomic mass is 10.4. The highest BCUT2D eigenvalue weighted by atomic mass is 16.5. The van der Waals surface area contributed by atoms with Gasteiger partial charge in [-0.25, -0.2) is 0 Å². The normalized spacial score (nSPS) is 18.0. The van der Waals surface area contributed by atoms with Gasteiger partial charge in [-0.1, -0.05) is 0 Å². The topological polar surface area (TPSA) is 35.2 Å². The molecule has 0 radical (unpaired) electrons. The fraction of sp³-hybridized carbons (Fsp3) is 0.200. The number of hydrogen-bond donors (Lipinski definition) is 1. The first-order chi connectivity index (χ1) is 3.39. The van der Waals surface area contributed by atoms with Gasteiger partial charge in [0.15, 0.2) is 0 Å². The second-order valence-corrected chi connectivity index (χ2v) is 1.38. The Morgan fingerprint density at radius 2 is 2.71 bits per heavy atom. The van der Waals surface area contributed by atoms with Gasteiger partial charge in [0.25, 0.3) is 0 Å². The molecule has 1 heterocycles. The second kappa shape index (κ2) is 1.69. The summed E-state index contributed by atoms with van der Waals surface area (Å²) in [7, 11) is 0. The van der Waals surface area contributed by atoms with Crippen molar-refractivity contribution >= 4 is 0 Å². The molecule has 38 valence electrons. The van der Waals surface area contributed by atoms with Crippen LogP contribution in [0.3, 0.4) is 0 Å². The van der Waals surface area contributed by atoms with Crippen molar-refractivity contribution in [1.82, 2.24) is 0 Å². The molecule has 0 atom stereocenters. The Morgan fingerprint density at radius 1 is 1.86 bits per heavy atom. The van der Waals surface area contributed by atoms with Gasteiger partial charge in [-0.2, -0.15) is 0 Å². The Kier molecular flexibility index (Phi) is 1.02. The fourth-order valence-corrected chi connectivity index (χ4v) is 0.411. The van der Waals surface area contributed by atoms with E-state index >= 15 is 0 Å². The highest BCUT2D eigenvalue weighted by Gasteiger charge is 1.88. The monoisotopic (exact) mass is 98.1 g/mol. The molecule has 0 aromatic heterocycles. The SMILES string of the molecule is NC1=CC=COC1.[H+]. The van der Waals surface area contributed by atoms with Crippen LogP contribution in [-0.2, 0) is 4.74 Å². The Labute approximate surface area is 43.8 Å². The summed E-state index contributed by atoms with van der Waals surface area (Å²) in [6, 6.07) is 0. The maximum atomic E-state index is 5.32. The molecular formula is C5H8NO+. The molecule has 1 aliphatic rings. The quantitative estimate of drug-likeness (QED) is 0.478. The molecule has 2 nitrogen and oxygen atoms in total. The summed E-state index contributed by atoms with van der Waals surface area (Å²) in [6.45, 7) is 0.538. The second-order valence-electron chi connectivity index (χ2n) is 1.38. The maximum Gasteiger partial charge on any atom is 1.00 e. The maximum absolute atomic E-state index is 5.32. The van der Waals surface area contributed by atoms with Gasteiger partial charge in [0.05, 0.1) is 6.26 Å². The van der Waals surface area contributed by atoms with E-state index in [4.69, 9.17) is 10.5 Å². The van der Waals surface area contributed by atoms with Crippen LogP contribution in [-0.4, -0.2) is 6.61 Å². The van der Waals surface area contributed by atoms with Crippen molar-refractivity contribution in [3.05, 3.63) is 24.1 Å². The van der Waals surface area contributed by atoms with Gasteiger partial charge in [0, 0.05) is 5.70 Å². The summed E-state index contributed by atoms with van der Waals surface area (Å²) >= 11 is 0. The molecule has 0 unspecified atom stereocenters. The zero-order valence-electron chi connectivity index (χ0n) is 4.92. The van der Waals surface area contributed by atoms with Crippen molar-refractivity contribution < 1.29 is 6.16 Å². The number of hydrogen-bond acceptors (Lipinski definition) is 2. The summed E-state index contributed by atoms with van der Waals surface area (Å²) in [5.74, 6) is 0. The van der Waals surface area contributed by atoms with Gasteiger partial charge in [0.2, 0.25) is 0 Å². The third kappa shape index (κ3) is 0.961. The van der Waals surface area contributed by atoms with Crippen LogP contribution in [0.2, 0.25) is 0 Å². The predicted octanol–water partition coefficient (Wildman–Crippen LogP) is 0.485. The van der Waals surface area contributed by atoms with Crippen LogP contribution in [0.4, 0.5) is 0 Å². The van der Waals surface area contributed by atoms with Gasteiger partial charge < -0.3 is 10.5 Å². The molecule has 0 saturated carbocycles. The van der Waals surface area contributed by atoms with Crippen LogP contribution in [0.15, 0.2) is 24.1 Å². The number of rotatable bonds is 0. The number of allylic oxidation sites excluding steroid dienone is 2. The third-order valence-corrected chi connectivity index (χ3v) is 0.735. The minimum atomic E-state index is 0. The first-order valence-corrected chi connectivity index (χ1v) is 2.12. The summed E-state index contributed by atoms with van der Waals surface area (Å²) in [5, 5.41) is 0. The van der Waals surface area contributed by atoms with Crippen LogP contribution in [0.25, 0.3) is 0 Å². The first-order valence-electron chi connectivity index (χ1n) is 2.12. The molecule has 0 spiro atoms. The van der Waals surface area contributed by atoms with Crippen LogP contribution in [0.1, 0.15) is 1.43 Å². The van der Waals surface area contributed by atoms with Crippen molar-refractivity contribution in [2.45, 2.75) is 0 Å². The standard InChI is InChI=1S/C5H7NO/c6-5-2-1-3-7-4-5/h1-3H,4,6H2/p+1. The van der Waals surface area contributed by atoms with Crippen molar-refractivity contribution in [3.8, 4) is 0 Å². The molecule has 0 aromatic carbocycles. The van der Waals surface area contributed by atoms with Crippen molar-refractivity contribution in [2.24, 2.45) is 5.73 Å². The highest BCUT2D eigenvalue weighted by Crippen LogP contribution is 1.93. The van der Waals surface area contributed by atoms with Gasteiger partial charge in [-0.15, -0.1) is 0 Å². The third-order valence-electron chi connectivity index (χ3n) is 0.735. The molecule has 0 amide bonds. The number of nitrogens with two attached hydrogens (primary N) is 1. The average Bonchev–Trinajstić information content (AvgIpc) is 1.69. The van der Waals surface area contributed by atoms with E-state index in [9.17, 15) is 0 Å². The summed E-state index contributed by atoms with van der Waals surface area (Å²) < 4.78 is 4.81. The molecule has 7 heavy (non-hydrogen) atoms. The molecule has 1 aliphatic heterocycles. The Morgan fingerprint density at radius 3 is 3.00 bits per heavy atom. The van der Waals surface area contributed by atoms with E-state index in [2.05, 4.69) is 0 Å². The van der Waals surface area contributed by atoms with E-state index < -0.39 is 0 Å². The van der Waals surface area contributed by atoms with E-state index in [1.807, 2.05) is 6.08 Å². The van der Waals surface area contributed by atoms with Gasteiger partial charge in [0.1, 0.15) is 6.61 Å². The fourth-order valence-electron chi connectivity index (χ4n) is 0.411. The lowest BCUT2D eigenvalue weighted by Gasteiger charge is -2.02. The van der Waals surface area contributed by atoms with E-state index in [1.165, 1.54) is 0 Å². The zero-order chi connectivity index (χ0) is 5.11. The van der Waals surface area contributed by atoms with Crippen LogP contribution in [0, 0.1) is 0 Å². The molecule has 1 rings (SSSR count). The van der Waals surface area contributed by atoms with E-state index in [0.29, 0.717) is 6.61 Å². The smallest absolute Gasteiger partial charge is 0.495 e. The summed E-state index contributed by atoms with van der Waals surface area (Å²) in [4.78, 5) is 0. The average molecular weight is 98.1 g/mol. The van der Waals surface area contributed by atoms with Crippen molar-refractivity contribution in [1.29, 1.82) is 0 Å². The van der Waals surface area contributed by atoms with Crippen LogP contribution < -0.4 is 5.73 Å². The van der Waals surface area contributed by atoms with Gasteiger partial charge in [-0.3, -0.25) is 0 Å². The van der Waals surface area contributed by atoms with Crippen LogP contribution >= 0.6 is 0 Å². The minimum absolute atomic E-state index is 0. The Bertz CT molecular complexity index is 120. The molecule has 0 saturated heterocycles. The Hall–Kier alpha value is -0.920. The highest BCUT2D eigenvalue weighted by molar-refractivity contribution is 5.11. The van der Waals surface area contributed by atoms with Crippen LogP contribution in [0.5, 0.6) is 0 Å². The predicted molar refractivity (Wildman–Crippen MR) is 28.5 cm³/mol. The molecule has 2 heteroatoms. The molecular weight excluding hydrogens is 90.1 g/mol. The van der Waals surface area contributed by atoms with Crippen molar-refractivity contribution in [3.63, 3.8) is 0 Å². The molecule has 0 aromatic rings. The lowest BCUT2D eigenvalue weighted by molar-refractivity contribution is 0.274. The van der Waals surface area contributed by atoms with E-state index in [-0.39, 0.29) is 1.43 Å². The molecule has 2 N–H and O–H groups in total. The summed E-state index contributed by atoms with van der Waals surface area (Å²) in [5.41, 5.74) is 6.10. The molecule has 0 aliphatic carbocycles. The number of ether oxygens (including phenoxy) is 1. The lowest BCUT2D eigenvalue weighted by Crippen LogP contribution is -2.05. The van der Waals surface area contributed by atoms with E-state index in [1.54, 1.807) is 12.3 Å². The first kappa shape index (κ1) is 4.24. The largest absolute Gasteiger partial charge is 1.00 e. The van der Waals surface area contributed by atoms with Crippen molar-refractivity contribution in [2.75, 3.05) is 6.61 Å². The zero-order valence-corrected chi connectivity index (χ0v) is 3.92. The minimum Gasteiger partial charge on any atom is -0.495 e. The summed E-state index contributed by atoms with van der Waals surface area (Å²) in [6.07, 6.45) is 5.22. The van der Waals surface area contributed by atoms with E-state index in [0.717, 1.165) is 5.70 Å². The Balaban J connectivity index is 0.000000490. The van der Waals surface area contributed by atoms with Gasteiger partial charge >= 0.3 is 1.43 Å².